The zero-order valence-electron chi connectivity index (χ0n) is 36.9. The number of aliphatic hydroxyl groups excluding tert-OH is 9. The molecule has 0 radical (unpaired) electrons. The molecule has 356 valence electrons. The zero-order chi connectivity index (χ0) is 44.2. The molecule has 27 atom stereocenters. The Hall–Kier alpha value is -0.680. The Kier molecular flexibility index (Phi) is 13.1. The standard InChI is InChI=1S/C45H75NO16/c1-19-8-13-45(46-16-19)20(2)30-27(62-45)15-26-24-7-6-22-14-23(9-11-43(22,4)25(24)10-12-44(26,30)5)57-42-39(61-40-36(54)34(52)31(49)21(3)56-40)38(33(51)29(18-48)59-42)60-41-37(55)35(53)32(50)28(17-47)58-41/h19-42,46-55H,6-18H2,1-5H3. The van der Waals surface area contributed by atoms with Gasteiger partial charge in [-0.2, -0.15) is 0 Å². The highest BCUT2D eigenvalue weighted by molar-refractivity contribution is 5.16. The normalized spacial score (nSPS) is 58.9. The molecule has 9 fully saturated rings. The molecule has 0 bridgehead atoms. The maximum absolute atomic E-state index is 11.6. The third-order valence-corrected chi connectivity index (χ3v) is 18.5. The fourth-order valence-electron chi connectivity index (χ4n) is 14.8. The van der Waals surface area contributed by atoms with E-state index in [2.05, 4.69) is 33.0 Å². The van der Waals surface area contributed by atoms with Crippen molar-refractivity contribution in [2.24, 2.45) is 52.3 Å². The number of rotatable bonds is 8. The minimum Gasteiger partial charge on any atom is -0.394 e. The van der Waals surface area contributed by atoms with E-state index in [-0.39, 0.29) is 22.7 Å². The largest absolute Gasteiger partial charge is 0.394 e. The molecule has 17 heteroatoms. The Labute approximate surface area is 364 Å². The summed E-state index contributed by atoms with van der Waals surface area (Å²) >= 11 is 0. The van der Waals surface area contributed by atoms with Crippen LogP contribution in [0.1, 0.15) is 98.8 Å². The van der Waals surface area contributed by atoms with Gasteiger partial charge in [-0.1, -0.05) is 27.7 Å². The lowest BCUT2D eigenvalue weighted by molar-refractivity contribution is -0.395. The van der Waals surface area contributed by atoms with Crippen molar-refractivity contribution in [3.63, 3.8) is 0 Å². The van der Waals surface area contributed by atoms with Gasteiger partial charge in [-0.15, -0.1) is 0 Å². The number of hydrogen-bond acceptors (Lipinski definition) is 17. The molecular formula is C45H75NO16. The Morgan fingerprint density at radius 1 is 0.597 bits per heavy atom. The summed E-state index contributed by atoms with van der Waals surface area (Å²) in [5, 5.41) is 99.7. The molecule has 5 heterocycles. The van der Waals surface area contributed by atoms with Crippen molar-refractivity contribution in [2.45, 2.75) is 209 Å². The Balaban J connectivity index is 0.921. The van der Waals surface area contributed by atoms with E-state index < -0.39 is 105 Å². The second-order valence-electron chi connectivity index (χ2n) is 21.7. The van der Waals surface area contributed by atoms with E-state index in [4.69, 9.17) is 33.2 Å². The molecule has 0 aromatic carbocycles. The summed E-state index contributed by atoms with van der Waals surface area (Å²) in [6, 6.07) is 0. The minimum absolute atomic E-state index is 0.103. The summed E-state index contributed by atoms with van der Waals surface area (Å²) in [4.78, 5) is 0. The first-order valence-electron chi connectivity index (χ1n) is 23.8. The van der Waals surface area contributed by atoms with Crippen LogP contribution in [0.4, 0.5) is 0 Å². The summed E-state index contributed by atoms with van der Waals surface area (Å²) in [5.74, 6) is 3.92. The van der Waals surface area contributed by atoms with E-state index in [1.165, 1.54) is 26.2 Å². The molecule has 9 aliphatic rings. The van der Waals surface area contributed by atoms with Crippen molar-refractivity contribution < 1.29 is 79.1 Å². The van der Waals surface area contributed by atoms with Crippen LogP contribution in [-0.2, 0) is 33.2 Å². The van der Waals surface area contributed by atoms with Gasteiger partial charge in [0, 0.05) is 12.5 Å². The molecule has 5 aliphatic heterocycles. The van der Waals surface area contributed by atoms with E-state index in [0.717, 1.165) is 45.1 Å². The van der Waals surface area contributed by atoms with Crippen LogP contribution >= 0.6 is 0 Å². The van der Waals surface area contributed by atoms with E-state index in [0.29, 0.717) is 54.0 Å². The molecule has 27 unspecified atom stereocenters. The first kappa shape index (κ1) is 46.4. The molecule has 9 rings (SSSR count). The molecule has 1 spiro atoms. The summed E-state index contributed by atoms with van der Waals surface area (Å²) < 4.78 is 44.0. The van der Waals surface area contributed by atoms with Crippen LogP contribution in [0.5, 0.6) is 0 Å². The van der Waals surface area contributed by atoms with Gasteiger partial charge < -0.3 is 79.1 Å². The fourth-order valence-corrected chi connectivity index (χ4v) is 14.8. The van der Waals surface area contributed by atoms with Crippen molar-refractivity contribution in [3.05, 3.63) is 0 Å². The minimum atomic E-state index is -1.83. The number of ether oxygens (including phenoxy) is 7. The quantitative estimate of drug-likeness (QED) is 0.142. The van der Waals surface area contributed by atoms with E-state index in [1.54, 1.807) is 0 Å². The summed E-state index contributed by atoms with van der Waals surface area (Å²) in [6.07, 6.45) is -12.5. The first-order chi connectivity index (χ1) is 29.4. The second kappa shape index (κ2) is 17.4. The summed E-state index contributed by atoms with van der Waals surface area (Å²) in [5.41, 5.74) is 0.166. The first-order valence-corrected chi connectivity index (χ1v) is 23.8. The Morgan fingerprint density at radius 3 is 1.94 bits per heavy atom. The molecular weight excluding hydrogens is 810 g/mol. The SMILES string of the molecule is CC1CCC2(NC1)OC1CC3C4CCC5CC(OC6OC(CO)C(O)C(OC7OC(CO)C(O)C(O)C7O)C6OC6OC(C)C(O)C(O)C6O)CCC5(C)C4CCC3(C)C1C2C. The molecule has 5 saturated heterocycles. The molecule has 17 nitrogen and oxygen atoms in total. The molecule has 4 saturated carbocycles. The van der Waals surface area contributed by atoms with Gasteiger partial charge in [0.15, 0.2) is 18.9 Å². The highest BCUT2D eigenvalue weighted by atomic mass is 16.8. The van der Waals surface area contributed by atoms with Crippen LogP contribution in [0.2, 0.25) is 0 Å². The number of aliphatic hydroxyl groups is 9. The number of nitrogens with one attached hydrogen (secondary N) is 1. The average molecular weight is 886 g/mol. The Morgan fingerprint density at radius 2 is 1.24 bits per heavy atom. The smallest absolute Gasteiger partial charge is 0.187 e. The van der Waals surface area contributed by atoms with Crippen molar-refractivity contribution in [1.29, 1.82) is 0 Å². The highest BCUT2D eigenvalue weighted by Gasteiger charge is 2.69. The molecule has 4 aliphatic carbocycles. The van der Waals surface area contributed by atoms with Crippen LogP contribution in [0.25, 0.3) is 0 Å². The van der Waals surface area contributed by atoms with Gasteiger partial charge in [-0.25, -0.2) is 0 Å². The van der Waals surface area contributed by atoms with Crippen LogP contribution in [0, 0.1) is 52.3 Å². The van der Waals surface area contributed by atoms with Gasteiger partial charge in [0.1, 0.15) is 72.9 Å². The van der Waals surface area contributed by atoms with E-state index >= 15 is 0 Å². The third kappa shape index (κ3) is 7.56. The molecule has 0 amide bonds. The maximum Gasteiger partial charge on any atom is 0.187 e. The molecule has 0 aromatic heterocycles. The van der Waals surface area contributed by atoms with Crippen molar-refractivity contribution >= 4 is 0 Å². The highest BCUT2D eigenvalue weighted by Crippen LogP contribution is 2.71. The van der Waals surface area contributed by atoms with Gasteiger partial charge in [-0.05, 0) is 117 Å². The lowest BCUT2D eigenvalue weighted by Crippen LogP contribution is -2.67. The van der Waals surface area contributed by atoms with Crippen LogP contribution in [0.3, 0.4) is 0 Å². The van der Waals surface area contributed by atoms with Gasteiger partial charge in [0.25, 0.3) is 0 Å². The maximum atomic E-state index is 11.6. The van der Waals surface area contributed by atoms with Crippen LogP contribution in [-0.4, -0.2) is 176 Å². The zero-order valence-corrected chi connectivity index (χ0v) is 36.9. The number of fused-ring (bicyclic) bond motifs is 7. The van der Waals surface area contributed by atoms with Crippen molar-refractivity contribution in [1.82, 2.24) is 5.32 Å². The second-order valence-corrected chi connectivity index (χ2v) is 21.7. The van der Waals surface area contributed by atoms with Gasteiger partial charge >= 0.3 is 0 Å². The lowest BCUT2D eigenvalue weighted by Gasteiger charge is -2.61. The fraction of sp³-hybridized carbons (Fsp3) is 1.00. The van der Waals surface area contributed by atoms with E-state index in [9.17, 15) is 46.0 Å². The van der Waals surface area contributed by atoms with Crippen LogP contribution in [0.15, 0.2) is 0 Å². The molecule has 0 aromatic rings. The van der Waals surface area contributed by atoms with Gasteiger partial charge in [0.05, 0.1) is 31.5 Å². The molecule has 10 N–H and O–H groups in total. The van der Waals surface area contributed by atoms with Crippen molar-refractivity contribution in [2.75, 3.05) is 19.8 Å². The summed E-state index contributed by atoms with van der Waals surface area (Å²) in [7, 11) is 0. The third-order valence-electron chi connectivity index (χ3n) is 18.5. The predicted molar refractivity (Wildman–Crippen MR) is 216 cm³/mol. The topological polar surface area (TPSA) is 259 Å². The van der Waals surface area contributed by atoms with Crippen LogP contribution < -0.4 is 5.32 Å². The Bertz CT molecular complexity index is 1550. The molecule has 62 heavy (non-hydrogen) atoms. The van der Waals surface area contributed by atoms with Crippen molar-refractivity contribution in [3.8, 4) is 0 Å². The predicted octanol–water partition coefficient (Wildman–Crippen LogP) is -0.133. The number of hydrogen-bond donors (Lipinski definition) is 10. The number of piperidine rings is 1. The lowest BCUT2D eigenvalue weighted by atomic mass is 9.44. The van der Waals surface area contributed by atoms with Gasteiger partial charge in [0.2, 0.25) is 0 Å². The monoisotopic (exact) mass is 886 g/mol. The van der Waals surface area contributed by atoms with E-state index in [1.807, 2.05) is 0 Å². The average Bonchev–Trinajstić information content (AvgIpc) is 3.70. The summed E-state index contributed by atoms with van der Waals surface area (Å²) in [6.45, 7) is 11.0. The van der Waals surface area contributed by atoms with Gasteiger partial charge in [-0.3, -0.25) is 5.32 Å².